The van der Waals surface area contributed by atoms with Gasteiger partial charge in [0.1, 0.15) is 0 Å². The van der Waals surface area contributed by atoms with E-state index in [9.17, 15) is 4.79 Å². The number of hydrogen-bond acceptors (Lipinski definition) is 2. The van der Waals surface area contributed by atoms with E-state index in [4.69, 9.17) is 4.74 Å². The van der Waals surface area contributed by atoms with Gasteiger partial charge < -0.3 is 4.74 Å². The van der Waals surface area contributed by atoms with Crippen molar-refractivity contribution < 1.29 is 9.53 Å². The molecule has 0 saturated heterocycles. The summed E-state index contributed by atoms with van der Waals surface area (Å²) in [6.45, 7) is 2.29. The van der Waals surface area contributed by atoms with Gasteiger partial charge in [0, 0.05) is 0 Å². The molecular formula is C25H38O2. The third-order valence-corrected chi connectivity index (χ3v) is 8.31. The van der Waals surface area contributed by atoms with Gasteiger partial charge in [0.05, 0.1) is 13.0 Å². The molecule has 2 heteroatoms. The van der Waals surface area contributed by atoms with Crippen LogP contribution in [0, 0.1) is 47.3 Å². The first-order valence-corrected chi connectivity index (χ1v) is 11.7. The van der Waals surface area contributed by atoms with E-state index >= 15 is 0 Å². The number of rotatable bonds is 10. The molecule has 8 atom stereocenters. The Bertz CT molecular complexity index is 577. The van der Waals surface area contributed by atoms with E-state index in [1.807, 2.05) is 0 Å². The van der Waals surface area contributed by atoms with Crippen LogP contribution in [-0.4, -0.2) is 13.1 Å². The summed E-state index contributed by atoms with van der Waals surface area (Å²) in [5.41, 5.74) is 0. The summed E-state index contributed by atoms with van der Waals surface area (Å²) in [6.07, 6.45) is 23.5. The summed E-state index contributed by atoms with van der Waals surface area (Å²) in [5.74, 6) is 5.20. The van der Waals surface area contributed by atoms with Crippen LogP contribution in [0.25, 0.3) is 0 Å². The fourth-order valence-corrected chi connectivity index (χ4v) is 7.07. The summed E-state index contributed by atoms with van der Waals surface area (Å²) >= 11 is 0. The van der Waals surface area contributed by atoms with E-state index in [1.165, 1.54) is 71.3 Å². The lowest BCUT2D eigenvalue weighted by Gasteiger charge is -2.54. The maximum atomic E-state index is 12.2. The SMILES string of the molecule is CCCCCCCCCC[C@@H]1[C@@H]2C=C[C@@H]3[C@@H]4[C@@H]2[C@H]1C[C@@H]4C=C[C@@H]3C(=O)OC. The van der Waals surface area contributed by atoms with Crippen molar-refractivity contribution in [1.29, 1.82) is 0 Å². The Kier molecular flexibility index (Phi) is 6.09. The van der Waals surface area contributed by atoms with Crippen molar-refractivity contribution in [1.82, 2.24) is 0 Å². The third kappa shape index (κ3) is 3.54. The molecule has 2 nitrogen and oxygen atoms in total. The predicted octanol–water partition coefficient (Wildman–Crippen LogP) is 6.18. The molecule has 0 radical (unpaired) electrons. The van der Waals surface area contributed by atoms with Crippen molar-refractivity contribution in [3.05, 3.63) is 24.3 Å². The minimum absolute atomic E-state index is 0.0426. The molecule has 0 N–H and O–H groups in total. The zero-order valence-electron chi connectivity index (χ0n) is 17.3. The van der Waals surface area contributed by atoms with Crippen LogP contribution >= 0.6 is 0 Å². The molecule has 0 aromatic heterocycles. The van der Waals surface area contributed by atoms with Crippen molar-refractivity contribution in [2.75, 3.05) is 7.11 Å². The molecule has 2 saturated carbocycles. The van der Waals surface area contributed by atoms with Crippen LogP contribution in [0.15, 0.2) is 24.3 Å². The van der Waals surface area contributed by atoms with Crippen molar-refractivity contribution >= 4 is 5.97 Å². The number of methoxy groups -OCH3 is 1. The van der Waals surface area contributed by atoms with Crippen molar-refractivity contribution in [2.45, 2.75) is 71.1 Å². The molecule has 0 unspecified atom stereocenters. The Balaban J connectivity index is 1.28. The molecule has 0 aliphatic heterocycles. The fraction of sp³-hybridized carbons (Fsp3) is 0.800. The summed E-state index contributed by atoms with van der Waals surface area (Å²) in [6, 6.07) is 0. The Morgan fingerprint density at radius 1 is 0.889 bits per heavy atom. The Labute approximate surface area is 165 Å². The second-order valence-corrected chi connectivity index (χ2v) is 9.62. The normalized spacial score (nSPS) is 40.5. The van der Waals surface area contributed by atoms with Gasteiger partial charge in [-0.2, -0.15) is 0 Å². The van der Waals surface area contributed by atoms with Crippen LogP contribution in [0.4, 0.5) is 0 Å². The summed E-state index contributed by atoms with van der Waals surface area (Å²) in [7, 11) is 1.53. The van der Waals surface area contributed by atoms with Crippen LogP contribution < -0.4 is 0 Å². The Hall–Kier alpha value is -1.05. The highest BCUT2D eigenvalue weighted by Crippen LogP contribution is 2.67. The number of ether oxygens (including phenoxy) is 1. The molecule has 4 rings (SSSR count). The second-order valence-electron chi connectivity index (χ2n) is 9.62. The van der Waals surface area contributed by atoms with Gasteiger partial charge in [0.25, 0.3) is 0 Å². The topological polar surface area (TPSA) is 26.3 Å². The third-order valence-electron chi connectivity index (χ3n) is 8.31. The monoisotopic (exact) mass is 370 g/mol. The molecule has 150 valence electrons. The number of allylic oxidation sites excluding steroid dienone is 3. The number of esters is 1. The Morgan fingerprint density at radius 2 is 1.59 bits per heavy atom. The summed E-state index contributed by atoms with van der Waals surface area (Å²) in [5, 5.41) is 0. The van der Waals surface area contributed by atoms with E-state index in [2.05, 4.69) is 31.2 Å². The van der Waals surface area contributed by atoms with Crippen molar-refractivity contribution in [2.24, 2.45) is 47.3 Å². The highest BCUT2D eigenvalue weighted by Gasteiger charge is 2.62. The number of hydrogen-bond donors (Lipinski definition) is 0. The second kappa shape index (κ2) is 8.53. The molecule has 27 heavy (non-hydrogen) atoms. The van der Waals surface area contributed by atoms with Crippen molar-refractivity contribution in [3.8, 4) is 0 Å². The molecule has 0 spiro atoms. The van der Waals surface area contributed by atoms with E-state index in [1.54, 1.807) is 0 Å². The van der Waals surface area contributed by atoms with Crippen LogP contribution in [-0.2, 0) is 9.53 Å². The van der Waals surface area contributed by atoms with E-state index in [-0.39, 0.29) is 11.9 Å². The minimum Gasteiger partial charge on any atom is -0.469 e. The molecule has 0 amide bonds. The van der Waals surface area contributed by atoms with Crippen LogP contribution in [0.1, 0.15) is 71.1 Å². The van der Waals surface area contributed by atoms with Crippen LogP contribution in [0.3, 0.4) is 0 Å². The fourth-order valence-electron chi connectivity index (χ4n) is 7.07. The van der Waals surface area contributed by atoms with Gasteiger partial charge in [-0.15, -0.1) is 0 Å². The number of carbonyl (C=O) groups excluding carboxylic acids is 1. The maximum Gasteiger partial charge on any atom is 0.313 e. The highest BCUT2D eigenvalue weighted by molar-refractivity contribution is 5.75. The average molecular weight is 371 g/mol. The van der Waals surface area contributed by atoms with Crippen molar-refractivity contribution in [3.63, 3.8) is 0 Å². The van der Waals surface area contributed by atoms with Gasteiger partial charge in [-0.1, -0.05) is 82.6 Å². The average Bonchev–Trinajstić information content (AvgIpc) is 3.03. The molecule has 0 aromatic carbocycles. The van der Waals surface area contributed by atoms with Gasteiger partial charge in [-0.3, -0.25) is 4.79 Å². The summed E-state index contributed by atoms with van der Waals surface area (Å²) in [4.78, 5) is 12.2. The zero-order valence-corrected chi connectivity index (χ0v) is 17.3. The molecule has 4 aliphatic carbocycles. The standard InChI is InChI=1S/C25H38O2/c1-3-4-5-6-7-8-9-10-11-18-19-14-15-20-21(25(26)27-2)13-12-17-16-22(18)24(19)23(17)20/h12-15,17-24H,3-11,16H2,1-2H3/t17-,18+,19-,20-,21-,22-,23+,24-/m0/s1. The first-order chi connectivity index (χ1) is 13.3. The predicted molar refractivity (Wildman–Crippen MR) is 110 cm³/mol. The smallest absolute Gasteiger partial charge is 0.313 e. The lowest BCUT2D eigenvalue weighted by molar-refractivity contribution is -0.146. The maximum absolute atomic E-state index is 12.2. The minimum atomic E-state index is -0.0453. The van der Waals surface area contributed by atoms with Gasteiger partial charge in [-0.05, 0) is 54.3 Å². The Morgan fingerprint density at radius 3 is 2.33 bits per heavy atom. The molecule has 4 aliphatic rings. The quantitative estimate of drug-likeness (QED) is 0.261. The summed E-state index contributed by atoms with van der Waals surface area (Å²) < 4.78 is 5.07. The van der Waals surface area contributed by atoms with Crippen LogP contribution in [0.5, 0.6) is 0 Å². The van der Waals surface area contributed by atoms with Gasteiger partial charge in [0.15, 0.2) is 0 Å². The van der Waals surface area contributed by atoms with E-state index in [0.717, 1.165) is 23.7 Å². The molecule has 0 aromatic rings. The first-order valence-electron chi connectivity index (χ1n) is 11.7. The molecule has 0 heterocycles. The highest BCUT2D eigenvalue weighted by atomic mass is 16.5. The lowest BCUT2D eigenvalue weighted by Crippen LogP contribution is -2.50. The number of unbranched alkanes of at least 4 members (excludes halogenated alkanes) is 7. The van der Waals surface area contributed by atoms with E-state index in [0.29, 0.717) is 17.8 Å². The zero-order chi connectivity index (χ0) is 18.8. The molecule has 2 fully saturated rings. The molecule has 0 bridgehead atoms. The van der Waals surface area contributed by atoms with Gasteiger partial charge in [0.2, 0.25) is 0 Å². The number of carbonyl (C=O) groups is 1. The molecular weight excluding hydrogens is 332 g/mol. The largest absolute Gasteiger partial charge is 0.469 e. The first kappa shape index (κ1) is 19.3. The lowest BCUT2D eigenvalue weighted by atomic mass is 9.50. The van der Waals surface area contributed by atoms with Gasteiger partial charge >= 0.3 is 5.97 Å². The van der Waals surface area contributed by atoms with Gasteiger partial charge in [-0.25, -0.2) is 0 Å². The van der Waals surface area contributed by atoms with Crippen LogP contribution in [0.2, 0.25) is 0 Å². The van der Waals surface area contributed by atoms with E-state index < -0.39 is 0 Å².